The fourth-order valence-electron chi connectivity index (χ4n) is 1.71. The van der Waals surface area contributed by atoms with Crippen LogP contribution in [-0.2, 0) is 4.79 Å². The van der Waals surface area contributed by atoms with Crippen molar-refractivity contribution >= 4 is 46.9 Å². The summed E-state index contributed by atoms with van der Waals surface area (Å²) in [7, 11) is 0. The van der Waals surface area contributed by atoms with Crippen molar-refractivity contribution in [1.29, 1.82) is 0 Å². The van der Waals surface area contributed by atoms with Crippen molar-refractivity contribution in [2.75, 3.05) is 13.1 Å². The third-order valence-electron chi connectivity index (χ3n) is 2.67. The van der Waals surface area contributed by atoms with Crippen LogP contribution in [0.15, 0.2) is 23.1 Å². The van der Waals surface area contributed by atoms with Crippen LogP contribution in [0.5, 0.6) is 0 Å². The molecule has 1 fully saturated rings. The molecule has 1 atom stereocenters. The van der Waals surface area contributed by atoms with Crippen LogP contribution < -0.4 is 5.32 Å². The van der Waals surface area contributed by atoms with Crippen LogP contribution in [-0.4, -0.2) is 35.2 Å². The summed E-state index contributed by atoms with van der Waals surface area (Å²) in [5, 5.41) is 3.30. The molecule has 0 bridgehead atoms. The first kappa shape index (κ1) is 14.5. The Morgan fingerprint density at radius 2 is 2.21 bits per heavy atom. The Morgan fingerprint density at radius 3 is 2.84 bits per heavy atom. The first-order valence-corrected chi connectivity index (χ1v) is 7.33. The topological polar surface area (TPSA) is 49.4 Å². The van der Waals surface area contributed by atoms with Gasteiger partial charge >= 0.3 is 6.03 Å². The molecule has 1 heterocycles. The average Bonchev–Trinajstić information content (AvgIpc) is 2.79. The van der Waals surface area contributed by atoms with Gasteiger partial charge in [-0.2, -0.15) is 0 Å². The number of hydrogen-bond donors (Lipinski definition) is 1. The Balaban J connectivity index is 2.08. The van der Waals surface area contributed by atoms with Crippen LogP contribution in [0.25, 0.3) is 0 Å². The zero-order valence-corrected chi connectivity index (χ0v) is 12.5. The molecule has 0 radical (unpaired) electrons. The van der Waals surface area contributed by atoms with Crippen molar-refractivity contribution in [3.8, 4) is 0 Å². The van der Waals surface area contributed by atoms with Gasteiger partial charge in [0.05, 0.1) is 10.3 Å². The van der Waals surface area contributed by atoms with Gasteiger partial charge in [-0.05, 0) is 25.1 Å². The number of nitrogens with zero attached hydrogens (tertiary/aromatic N) is 1. The van der Waals surface area contributed by atoms with Crippen LogP contribution in [0.2, 0.25) is 10.0 Å². The van der Waals surface area contributed by atoms with Crippen LogP contribution >= 0.6 is 35.0 Å². The van der Waals surface area contributed by atoms with E-state index in [9.17, 15) is 9.59 Å². The van der Waals surface area contributed by atoms with Crippen molar-refractivity contribution in [2.24, 2.45) is 0 Å². The van der Waals surface area contributed by atoms with Gasteiger partial charge in [0.15, 0.2) is 0 Å². The van der Waals surface area contributed by atoms with Gasteiger partial charge in [0.2, 0.25) is 5.91 Å². The van der Waals surface area contributed by atoms with E-state index in [1.54, 1.807) is 25.1 Å². The zero-order chi connectivity index (χ0) is 14.0. The van der Waals surface area contributed by atoms with Crippen molar-refractivity contribution < 1.29 is 9.59 Å². The van der Waals surface area contributed by atoms with Gasteiger partial charge in [0, 0.05) is 23.0 Å². The molecular formula is C12H12Cl2N2O2S. The maximum Gasteiger partial charge on any atom is 0.324 e. The summed E-state index contributed by atoms with van der Waals surface area (Å²) in [5.74, 6) is -0.226. The second kappa shape index (κ2) is 6.03. The monoisotopic (exact) mass is 318 g/mol. The fourth-order valence-corrected chi connectivity index (χ4v) is 3.18. The quantitative estimate of drug-likeness (QED) is 0.871. The number of benzene rings is 1. The molecule has 3 amide bonds. The van der Waals surface area contributed by atoms with Crippen molar-refractivity contribution in [1.82, 2.24) is 10.2 Å². The molecule has 7 heteroatoms. The maximum atomic E-state index is 12.1. The molecule has 1 aliphatic rings. The van der Waals surface area contributed by atoms with E-state index < -0.39 is 5.25 Å². The average molecular weight is 319 g/mol. The number of rotatable bonds is 3. The highest BCUT2D eigenvalue weighted by Crippen LogP contribution is 2.33. The number of urea groups is 1. The first-order chi connectivity index (χ1) is 8.99. The molecule has 2 rings (SSSR count). The van der Waals surface area contributed by atoms with Crippen LogP contribution in [0, 0.1) is 0 Å². The Bertz CT molecular complexity index is 524. The van der Waals surface area contributed by atoms with E-state index in [-0.39, 0.29) is 11.9 Å². The Kier molecular flexibility index (Phi) is 4.60. The van der Waals surface area contributed by atoms with Gasteiger partial charge in [-0.15, -0.1) is 11.8 Å². The highest BCUT2D eigenvalue weighted by Gasteiger charge is 2.30. The minimum atomic E-state index is -0.403. The predicted molar refractivity (Wildman–Crippen MR) is 76.9 cm³/mol. The number of amides is 3. The molecule has 4 nitrogen and oxygen atoms in total. The summed E-state index contributed by atoms with van der Waals surface area (Å²) in [4.78, 5) is 25.5. The van der Waals surface area contributed by atoms with E-state index in [4.69, 9.17) is 23.2 Å². The highest BCUT2D eigenvalue weighted by molar-refractivity contribution is 8.00. The van der Waals surface area contributed by atoms with Crippen molar-refractivity contribution in [3.05, 3.63) is 28.2 Å². The molecule has 1 aromatic carbocycles. The predicted octanol–water partition coefficient (Wildman–Crippen LogP) is 3.03. The first-order valence-electron chi connectivity index (χ1n) is 5.70. The standard InChI is InChI=1S/C12H12Cl2N2O2S/c1-7(11(17)16-5-4-15-12(16)18)19-10-6-8(13)2-3-9(10)14/h2-3,6-7H,4-5H2,1H3,(H,15,18)/t7-/m1/s1. The minimum absolute atomic E-state index is 0.226. The van der Waals surface area contributed by atoms with Gasteiger partial charge in [-0.3, -0.25) is 9.69 Å². The maximum absolute atomic E-state index is 12.1. The minimum Gasteiger partial charge on any atom is -0.336 e. The van der Waals surface area contributed by atoms with E-state index in [1.165, 1.54) is 16.7 Å². The molecule has 102 valence electrons. The van der Waals surface area contributed by atoms with Gasteiger partial charge in [-0.25, -0.2) is 4.79 Å². The van der Waals surface area contributed by atoms with Gasteiger partial charge in [0.1, 0.15) is 0 Å². The summed E-state index contributed by atoms with van der Waals surface area (Å²) in [6.45, 7) is 2.65. The molecule has 0 unspecified atom stereocenters. The molecule has 1 aliphatic heterocycles. The van der Waals surface area contributed by atoms with E-state index in [0.29, 0.717) is 23.1 Å². The van der Waals surface area contributed by atoms with Crippen LogP contribution in [0.3, 0.4) is 0 Å². The van der Waals surface area contributed by atoms with E-state index in [2.05, 4.69) is 5.32 Å². The lowest BCUT2D eigenvalue weighted by Gasteiger charge is -2.17. The summed E-state index contributed by atoms with van der Waals surface area (Å²) < 4.78 is 0. The van der Waals surface area contributed by atoms with Gasteiger partial charge in [0.25, 0.3) is 0 Å². The molecule has 0 aromatic heterocycles. The second-order valence-corrected chi connectivity index (χ2v) is 6.28. The number of halogens is 2. The number of imide groups is 1. The third-order valence-corrected chi connectivity index (χ3v) is 4.49. The summed E-state index contributed by atoms with van der Waals surface area (Å²) in [6.07, 6.45) is 0. The van der Waals surface area contributed by atoms with Crippen molar-refractivity contribution in [3.63, 3.8) is 0 Å². The molecule has 1 aromatic rings. The van der Waals surface area contributed by atoms with Crippen LogP contribution in [0.4, 0.5) is 4.79 Å². The summed E-state index contributed by atoms with van der Waals surface area (Å²) in [5.41, 5.74) is 0. The number of thioether (sulfide) groups is 1. The fraction of sp³-hybridized carbons (Fsp3) is 0.333. The molecule has 0 saturated carbocycles. The third kappa shape index (κ3) is 3.35. The van der Waals surface area contributed by atoms with Crippen molar-refractivity contribution in [2.45, 2.75) is 17.1 Å². The largest absolute Gasteiger partial charge is 0.336 e. The molecule has 0 spiro atoms. The SMILES string of the molecule is C[C@@H](Sc1cc(Cl)ccc1Cl)C(=O)N1CCNC1=O. The number of hydrogen-bond acceptors (Lipinski definition) is 3. The summed E-state index contributed by atoms with van der Waals surface area (Å²) >= 11 is 13.2. The van der Waals surface area contributed by atoms with E-state index in [1.807, 2.05) is 0 Å². The Morgan fingerprint density at radius 1 is 1.47 bits per heavy atom. The smallest absolute Gasteiger partial charge is 0.324 e. The highest BCUT2D eigenvalue weighted by atomic mass is 35.5. The zero-order valence-electron chi connectivity index (χ0n) is 10.2. The van der Waals surface area contributed by atoms with E-state index in [0.717, 1.165) is 4.90 Å². The lowest BCUT2D eigenvalue weighted by Crippen LogP contribution is -2.38. The summed E-state index contributed by atoms with van der Waals surface area (Å²) in [6, 6.07) is 4.75. The second-order valence-electron chi connectivity index (χ2n) is 4.06. The molecule has 0 aliphatic carbocycles. The molecule has 19 heavy (non-hydrogen) atoms. The lowest BCUT2D eigenvalue weighted by atomic mass is 10.4. The normalized spacial score (nSPS) is 16.4. The molecule has 1 N–H and O–H groups in total. The van der Waals surface area contributed by atoms with Gasteiger partial charge in [-0.1, -0.05) is 23.2 Å². The number of nitrogens with one attached hydrogen (secondary N) is 1. The Labute approximate surface area is 125 Å². The molecular weight excluding hydrogens is 307 g/mol. The number of carbonyl (C=O) groups excluding carboxylic acids is 2. The van der Waals surface area contributed by atoms with E-state index >= 15 is 0 Å². The molecule has 1 saturated heterocycles. The van der Waals surface area contributed by atoms with Gasteiger partial charge < -0.3 is 5.32 Å². The Hall–Kier alpha value is -0.910. The lowest BCUT2D eigenvalue weighted by molar-refractivity contribution is -0.126. The van der Waals surface area contributed by atoms with Crippen LogP contribution in [0.1, 0.15) is 6.92 Å². The number of carbonyl (C=O) groups is 2.